The van der Waals surface area contributed by atoms with Crippen molar-refractivity contribution in [1.82, 2.24) is 0 Å². The number of benzene rings is 9. The fourth-order valence-corrected chi connectivity index (χ4v) is 7.28. The highest BCUT2D eigenvalue weighted by Gasteiger charge is 2.19. The third-order valence-corrected chi connectivity index (χ3v) is 9.28. The van der Waals surface area contributed by atoms with Crippen molar-refractivity contribution in [3.05, 3.63) is 170 Å². The first kappa shape index (κ1) is 24.8. The third-order valence-electron chi connectivity index (χ3n) is 9.28. The van der Waals surface area contributed by atoms with Gasteiger partial charge in [-0.3, -0.25) is 0 Å². The van der Waals surface area contributed by atoms with Gasteiger partial charge in [0.05, 0.1) is 0 Å². The average molecular weight is 557 g/mol. The van der Waals surface area contributed by atoms with Gasteiger partial charge in [-0.05, 0) is 87.2 Å². The zero-order chi connectivity index (χ0) is 29.0. The first-order chi connectivity index (χ1) is 21.8. The predicted molar refractivity (Wildman–Crippen MR) is 190 cm³/mol. The highest BCUT2D eigenvalue weighted by atomic mass is 14.2. The van der Waals surface area contributed by atoms with Crippen LogP contribution in [0.4, 0.5) is 0 Å². The van der Waals surface area contributed by atoms with Gasteiger partial charge in [-0.15, -0.1) is 0 Å². The molecule has 44 heavy (non-hydrogen) atoms. The van der Waals surface area contributed by atoms with Crippen LogP contribution in [0.15, 0.2) is 170 Å². The van der Waals surface area contributed by atoms with Crippen LogP contribution in [0.3, 0.4) is 0 Å². The molecular formula is C44H28. The Hall–Kier alpha value is -5.72. The monoisotopic (exact) mass is 556 g/mol. The van der Waals surface area contributed by atoms with E-state index >= 15 is 0 Å². The van der Waals surface area contributed by atoms with E-state index < -0.39 is 0 Å². The van der Waals surface area contributed by atoms with Crippen molar-refractivity contribution >= 4 is 53.9 Å². The van der Waals surface area contributed by atoms with E-state index in [1.54, 1.807) is 0 Å². The van der Waals surface area contributed by atoms with Crippen molar-refractivity contribution in [3.8, 4) is 33.4 Å². The zero-order valence-electron chi connectivity index (χ0n) is 24.2. The molecule has 0 bridgehead atoms. The number of hydrogen-bond acceptors (Lipinski definition) is 0. The van der Waals surface area contributed by atoms with E-state index in [9.17, 15) is 0 Å². The van der Waals surface area contributed by atoms with Gasteiger partial charge in [0.2, 0.25) is 0 Å². The summed E-state index contributed by atoms with van der Waals surface area (Å²) in [6, 6.07) is 62.4. The Kier molecular flexibility index (Phi) is 5.61. The van der Waals surface area contributed by atoms with E-state index in [0.29, 0.717) is 0 Å². The Morgan fingerprint density at radius 3 is 1.32 bits per heavy atom. The quantitative estimate of drug-likeness (QED) is 0.190. The van der Waals surface area contributed by atoms with Gasteiger partial charge in [0.25, 0.3) is 0 Å². The van der Waals surface area contributed by atoms with Gasteiger partial charge in [-0.25, -0.2) is 0 Å². The van der Waals surface area contributed by atoms with Crippen molar-refractivity contribution in [2.75, 3.05) is 0 Å². The smallest absolute Gasteiger partial charge is 0.00201 e. The first-order valence-corrected chi connectivity index (χ1v) is 15.3. The number of rotatable bonds is 3. The van der Waals surface area contributed by atoms with Crippen LogP contribution in [0, 0.1) is 0 Å². The summed E-state index contributed by atoms with van der Waals surface area (Å²) in [4.78, 5) is 0. The second-order valence-corrected chi connectivity index (χ2v) is 11.6. The highest BCUT2D eigenvalue weighted by molar-refractivity contribution is 6.22. The largest absolute Gasteiger partial charge is 0.0616 e. The van der Waals surface area contributed by atoms with E-state index in [1.807, 2.05) is 0 Å². The molecule has 0 saturated heterocycles. The zero-order valence-corrected chi connectivity index (χ0v) is 24.2. The normalized spacial score (nSPS) is 11.6. The van der Waals surface area contributed by atoms with Gasteiger partial charge in [-0.1, -0.05) is 170 Å². The summed E-state index contributed by atoms with van der Waals surface area (Å²) in [5.41, 5.74) is 7.54. The van der Waals surface area contributed by atoms with E-state index in [0.717, 1.165) is 0 Å². The van der Waals surface area contributed by atoms with Crippen LogP contribution in [0.2, 0.25) is 0 Å². The van der Waals surface area contributed by atoms with Crippen molar-refractivity contribution in [1.29, 1.82) is 0 Å². The maximum atomic E-state index is 2.36. The second-order valence-electron chi connectivity index (χ2n) is 11.6. The minimum atomic E-state index is 1.24. The first-order valence-electron chi connectivity index (χ1n) is 15.3. The summed E-state index contributed by atoms with van der Waals surface area (Å²) in [7, 11) is 0. The van der Waals surface area contributed by atoms with Gasteiger partial charge in [0.15, 0.2) is 0 Å². The standard InChI is InChI=1S/C44H28/c1-4-16-32-29(11-1)14-9-21-35(32)36-19-7-8-20-37(36)42-28-26-40-39-24-23-31-13-3-5-17-33(31)38(39)25-27-43(40)44(42)41-22-10-15-30-12-2-6-18-34(30)41/h1-28H. The molecule has 0 N–H and O–H groups in total. The Morgan fingerprint density at radius 2 is 0.591 bits per heavy atom. The summed E-state index contributed by atoms with van der Waals surface area (Å²) >= 11 is 0. The summed E-state index contributed by atoms with van der Waals surface area (Å²) in [5, 5.41) is 12.8. The van der Waals surface area contributed by atoms with Gasteiger partial charge in [0, 0.05) is 0 Å². The maximum absolute atomic E-state index is 2.36. The Morgan fingerprint density at radius 1 is 0.182 bits per heavy atom. The minimum Gasteiger partial charge on any atom is -0.0616 e. The Bertz CT molecular complexity index is 2540. The van der Waals surface area contributed by atoms with E-state index in [4.69, 9.17) is 0 Å². The minimum absolute atomic E-state index is 1.24. The highest BCUT2D eigenvalue weighted by Crippen LogP contribution is 2.46. The van der Waals surface area contributed by atoms with E-state index in [-0.39, 0.29) is 0 Å². The summed E-state index contributed by atoms with van der Waals surface area (Å²) < 4.78 is 0. The van der Waals surface area contributed by atoms with Gasteiger partial charge in [-0.2, -0.15) is 0 Å². The molecule has 9 rings (SSSR count). The second kappa shape index (κ2) is 9.93. The lowest BCUT2D eigenvalue weighted by Gasteiger charge is -2.20. The molecule has 0 aliphatic rings. The molecule has 9 aromatic rings. The third kappa shape index (κ3) is 3.78. The molecule has 0 heterocycles. The average Bonchev–Trinajstić information content (AvgIpc) is 3.10. The van der Waals surface area contributed by atoms with Gasteiger partial charge in [0.1, 0.15) is 0 Å². The molecule has 0 unspecified atom stereocenters. The van der Waals surface area contributed by atoms with E-state index in [1.165, 1.54) is 87.2 Å². The van der Waals surface area contributed by atoms with Crippen LogP contribution < -0.4 is 0 Å². The summed E-state index contributed by atoms with van der Waals surface area (Å²) in [6.45, 7) is 0. The maximum Gasteiger partial charge on any atom is -0.00201 e. The molecule has 0 aliphatic heterocycles. The van der Waals surface area contributed by atoms with Crippen molar-refractivity contribution in [2.24, 2.45) is 0 Å². The molecule has 9 aromatic carbocycles. The lowest BCUT2D eigenvalue weighted by molar-refractivity contribution is 1.61. The van der Waals surface area contributed by atoms with Crippen LogP contribution >= 0.6 is 0 Å². The lowest BCUT2D eigenvalue weighted by Crippen LogP contribution is -1.93. The number of fused-ring (bicyclic) bond motifs is 7. The van der Waals surface area contributed by atoms with Crippen molar-refractivity contribution in [3.63, 3.8) is 0 Å². The molecule has 204 valence electrons. The van der Waals surface area contributed by atoms with E-state index in [2.05, 4.69) is 170 Å². The Balaban J connectivity index is 1.42. The fraction of sp³-hybridized carbons (Fsp3) is 0. The van der Waals surface area contributed by atoms with Gasteiger partial charge >= 0.3 is 0 Å². The van der Waals surface area contributed by atoms with Gasteiger partial charge < -0.3 is 0 Å². The summed E-state index contributed by atoms with van der Waals surface area (Å²) in [5.74, 6) is 0. The molecule has 0 radical (unpaired) electrons. The van der Waals surface area contributed by atoms with Crippen LogP contribution in [-0.4, -0.2) is 0 Å². The molecule has 0 heteroatoms. The fourth-order valence-electron chi connectivity index (χ4n) is 7.28. The SMILES string of the molecule is c1ccc(-c2cccc3ccccc23)c(-c2ccc3c(ccc4c5ccccc5ccc34)c2-c2cccc3ccccc23)c1. The van der Waals surface area contributed by atoms with Crippen LogP contribution in [0.1, 0.15) is 0 Å². The molecule has 0 amide bonds. The Labute approximate surface area is 256 Å². The number of hydrogen-bond donors (Lipinski definition) is 0. The van der Waals surface area contributed by atoms with Crippen molar-refractivity contribution < 1.29 is 0 Å². The predicted octanol–water partition coefficient (Wildman–Crippen LogP) is 12.5. The molecule has 0 aliphatic carbocycles. The van der Waals surface area contributed by atoms with Crippen molar-refractivity contribution in [2.45, 2.75) is 0 Å². The molecule has 0 fully saturated rings. The molecule has 0 saturated carbocycles. The van der Waals surface area contributed by atoms with Crippen LogP contribution in [-0.2, 0) is 0 Å². The van der Waals surface area contributed by atoms with Crippen LogP contribution in [0.5, 0.6) is 0 Å². The lowest BCUT2D eigenvalue weighted by atomic mass is 9.83. The molecule has 0 atom stereocenters. The molecular weight excluding hydrogens is 528 g/mol. The van der Waals surface area contributed by atoms with Crippen LogP contribution in [0.25, 0.3) is 87.2 Å². The molecule has 0 aromatic heterocycles. The topological polar surface area (TPSA) is 0 Å². The molecule has 0 nitrogen and oxygen atoms in total. The molecule has 0 spiro atoms. The summed E-state index contributed by atoms with van der Waals surface area (Å²) in [6.07, 6.45) is 0.